The number of hydrazone groups is 1. The minimum absolute atomic E-state index is 0.0211. The lowest BCUT2D eigenvalue weighted by molar-refractivity contribution is -0.134. The molecule has 6 rings (SSSR count). The zero-order valence-corrected chi connectivity index (χ0v) is 24.6. The number of carbonyl (C=O) groups is 2. The molecule has 0 saturated heterocycles. The highest BCUT2D eigenvalue weighted by Crippen LogP contribution is 2.54. The summed E-state index contributed by atoms with van der Waals surface area (Å²) in [6.07, 6.45) is 5.89. The summed E-state index contributed by atoms with van der Waals surface area (Å²) in [5, 5.41) is 7.45. The Kier molecular flexibility index (Phi) is 7.28. The summed E-state index contributed by atoms with van der Waals surface area (Å²) >= 11 is 6.34. The molecule has 4 N–H and O–H groups in total. The Hall–Kier alpha value is -3.43. The zero-order valence-electron chi connectivity index (χ0n) is 23.8. The van der Waals surface area contributed by atoms with Crippen LogP contribution in [0.15, 0.2) is 58.6 Å². The maximum Gasteiger partial charge on any atom is 0.275 e. The van der Waals surface area contributed by atoms with Gasteiger partial charge in [-0.05, 0) is 85.6 Å². The van der Waals surface area contributed by atoms with Crippen molar-refractivity contribution in [3.05, 3.63) is 70.2 Å². The first-order valence-electron chi connectivity index (χ1n) is 14.5. The molecule has 0 radical (unpaired) electrons. The van der Waals surface area contributed by atoms with Gasteiger partial charge in [-0.1, -0.05) is 56.6 Å². The van der Waals surface area contributed by atoms with E-state index in [1.54, 1.807) is 0 Å². The van der Waals surface area contributed by atoms with Crippen LogP contribution in [0.3, 0.4) is 0 Å². The summed E-state index contributed by atoms with van der Waals surface area (Å²) in [5.41, 5.74) is 10.6. The van der Waals surface area contributed by atoms with Crippen molar-refractivity contribution in [3.8, 4) is 0 Å². The number of amidine groups is 1. The van der Waals surface area contributed by atoms with Gasteiger partial charge >= 0.3 is 0 Å². The molecule has 1 spiro atoms. The molecule has 4 aliphatic rings. The van der Waals surface area contributed by atoms with Crippen LogP contribution in [0.1, 0.15) is 86.8 Å². The van der Waals surface area contributed by atoms with Crippen LogP contribution in [0.2, 0.25) is 5.02 Å². The van der Waals surface area contributed by atoms with Crippen molar-refractivity contribution >= 4 is 35.0 Å². The summed E-state index contributed by atoms with van der Waals surface area (Å²) in [4.78, 5) is 34.5. The van der Waals surface area contributed by atoms with Crippen molar-refractivity contribution in [1.29, 1.82) is 0 Å². The minimum Gasteiger partial charge on any atom is -0.345 e. The third-order valence-electron chi connectivity index (χ3n) is 9.03. The third-order valence-corrected chi connectivity index (χ3v) is 9.27. The summed E-state index contributed by atoms with van der Waals surface area (Å²) in [6, 6.07) is 15.1. The van der Waals surface area contributed by atoms with E-state index in [0.717, 1.165) is 49.7 Å². The van der Waals surface area contributed by atoms with Gasteiger partial charge in [-0.3, -0.25) is 20.0 Å². The molecule has 0 aromatic heterocycles. The van der Waals surface area contributed by atoms with Gasteiger partial charge in [-0.2, -0.15) is 0 Å². The Balaban J connectivity index is 1.30. The van der Waals surface area contributed by atoms with E-state index >= 15 is 0 Å². The van der Waals surface area contributed by atoms with E-state index in [9.17, 15) is 9.59 Å². The first-order chi connectivity index (χ1) is 19.6. The van der Waals surface area contributed by atoms with Crippen LogP contribution in [0.25, 0.3) is 0 Å². The number of nitrogens with one attached hydrogen (secondary N) is 4. The van der Waals surface area contributed by atoms with Gasteiger partial charge in [0.1, 0.15) is 11.4 Å². The van der Waals surface area contributed by atoms with Crippen LogP contribution < -0.4 is 21.8 Å². The van der Waals surface area contributed by atoms with Crippen molar-refractivity contribution in [3.63, 3.8) is 0 Å². The number of nitrogens with zero attached hydrogens (tertiary/aromatic N) is 3. The fraction of sp³-hybridized carbons (Fsp3) is 0.484. The second-order valence-corrected chi connectivity index (χ2v) is 13.2. The van der Waals surface area contributed by atoms with Crippen LogP contribution in [0.5, 0.6) is 0 Å². The maximum atomic E-state index is 14.4. The highest BCUT2D eigenvalue weighted by molar-refractivity contribution is 6.47. The molecule has 2 aromatic carbocycles. The van der Waals surface area contributed by atoms with Crippen LogP contribution in [-0.2, 0) is 4.79 Å². The van der Waals surface area contributed by atoms with Gasteiger partial charge in [0, 0.05) is 16.1 Å². The minimum atomic E-state index is -0.573. The molecule has 2 aliphatic carbocycles. The lowest BCUT2D eigenvalue weighted by atomic mass is 9.69. The van der Waals surface area contributed by atoms with E-state index in [0.29, 0.717) is 34.0 Å². The molecule has 216 valence electrons. The third kappa shape index (κ3) is 5.57. The highest BCUT2D eigenvalue weighted by atomic mass is 35.5. The van der Waals surface area contributed by atoms with E-state index in [-0.39, 0.29) is 29.8 Å². The summed E-state index contributed by atoms with van der Waals surface area (Å²) < 4.78 is 0. The van der Waals surface area contributed by atoms with Crippen molar-refractivity contribution < 1.29 is 9.59 Å². The quantitative estimate of drug-likeness (QED) is 0.382. The van der Waals surface area contributed by atoms with Gasteiger partial charge in [0.25, 0.3) is 11.8 Å². The standard InChI is InChI=1S/C31H38ClN7O2/c1-30(2,3)23-13-15-31(16-14-23)34-26(22-5-4-6-24(32)17-22)29(41)39(31)27(19-7-8-19)20-9-11-21(12-10-20)28(40)33-18-25-35-37-38-36-25/h4-6,9-12,17,19,23,27,37-38H,7-8,13-16,18H2,1-3H3,(H,33,40)(H,35,36)/t23?,27-,31?/m1/s1. The number of carbonyl (C=O) groups excluding carboxylic acids is 2. The smallest absolute Gasteiger partial charge is 0.275 e. The Morgan fingerprint density at radius 3 is 2.46 bits per heavy atom. The molecule has 0 unspecified atom stereocenters. The van der Waals surface area contributed by atoms with Gasteiger partial charge in [0.05, 0.1) is 12.6 Å². The lowest BCUT2D eigenvalue weighted by Gasteiger charge is -2.47. The SMILES string of the molecule is CC(C)(C)C1CCC2(CC1)N=C(c1cccc(Cl)c1)C(=O)N2[C@@H](c1ccc(C(=O)NCC2=NNNN2)cc1)C1CC1. The summed E-state index contributed by atoms with van der Waals surface area (Å²) in [6.45, 7) is 7.20. The van der Waals surface area contributed by atoms with E-state index in [4.69, 9.17) is 16.6 Å². The van der Waals surface area contributed by atoms with Gasteiger partial charge in [-0.25, -0.2) is 5.53 Å². The number of halogens is 1. The topological polar surface area (TPSA) is 110 Å². The van der Waals surface area contributed by atoms with E-state index in [1.165, 1.54) is 0 Å². The Bertz CT molecular complexity index is 1390. The highest BCUT2D eigenvalue weighted by Gasteiger charge is 2.55. The van der Waals surface area contributed by atoms with E-state index in [2.05, 4.69) is 52.6 Å². The number of amides is 2. The molecule has 41 heavy (non-hydrogen) atoms. The predicted molar refractivity (Wildman–Crippen MR) is 160 cm³/mol. The molecule has 2 aromatic rings. The largest absolute Gasteiger partial charge is 0.345 e. The van der Waals surface area contributed by atoms with Gasteiger partial charge in [0.15, 0.2) is 5.84 Å². The average Bonchev–Trinajstić information content (AvgIpc) is 3.58. The fourth-order valence-electron chi connectivity index (χ4n) is 6.57. The number of aliphatic imine (C=N–C) groups is 1. The number of hydrogen-bond donors (Lipinski definition) is 4. The molecular formula is C31H38ClN7O2. The predicted octanol–water partition coefficient (Wildman–Crippen LogP) is 4.71. The van der Waals surface area contributed by atoms with E-state index < -0.39 is 5.66 Å². The molecule has 0 bridgehead atoms. The summed E-state index contributed by atoms with van der Waals surface area (Å²) in [5.74, 6) is 1.35. The van der Waals surface area contributed by atoms with Crippen molar-refractivity contribution in [1.82, 2.24) is 26.7 Å². The first kappa shape index (κ1) is 27.7. The first-order valence-corrected chi connectivity index (χ1v) is 14.9. The fourth-order valence-corrected chi connectivity index (χ4v) is 6.76. The van der Waals surface area contributed by atoms with Crippen LogP contribution in [-0.4, -0.2) is 40.5 Å². The molecule has 2 aliphatic heterocycles. The Morgan fingerprint density at radius 1 is 1.12 bits per heavy atom. The maximum absolute atomic E-state index is 14.4. The normalized spacial score (nSPS) is 24.9. The number of hydrogen-bond acceptors (Lipinski definition) is 7. The average molecular weight is 576 g/mol. The lowest BCUT2D eigenvalue weighted by Crippen LogP contribution is -2.52. The molecule has 10 heteroatoms. The zero-order chi connectivity index (χ0) is 28.8. The molecule has 2 heterocycles. The Morgan fingerprint density at radius 2 is 1.85 bits per heavy atom. The second-order valence-electron chi connectivity index (χ2n) is 12.8. The number of hydrazine groups is 2. The van der Waals surface area contributed by atoms with Gasteiger partial charge < -0.3 is 10.2 Å². The number of rotatable bonds is 7. The number of benzene rings is 2. The van der Waals surface area contributed by atoms with Crippen LogP contribution >= 0.6 is 11.6 Å². The molecular weight excluding hydrogens is 538 g/mol. The molecule has 2 amide bonds. The second kappa shape index (κ2) is 10.8. The molecule has 1 atom stereocenters. The molecule has 9 nitrogen and oxygen atoms in total. The van der Waals surface area contributed by atoms with Crippen LogP contribution in [0.4, 0.5) is 0 Å². The molecule has 2 fully saturated rings. The Labute approximate surface area is 246 Å². The van der Waals surface area contributed by atoms with Crippen molar-refractivity contribution in [2.75, 3.05) is 6.54 Å². The van der Waals surface area contributed by atoms with Gasteiger partial charge in [0.2, 0.25) is 0 Å². The van der Waals surface area contributed by atoms with Crippen LogP contribution in [0, 0.1) is 17.3 Å². The van der Waals surface area contributed by atoms with E-state index in [1.807, 2.05) is 48.5 Å². The van der Waals surface area contributed by atoms with Gasteiger partial charge in [-0.15, -0.1) is 10.6 Å². The van der Waals surface area contributed by atoms with Crippen molar-refractivity contribution in [2.24, 2.45) is 27.3 Å². The monoisotopic (exact) mass is 575 g/mol. The summed E-state index contributed by atoms with van der Waals surface area (Å²) in [7, 11) is 0. The molecule has 2 saturated carbocycles. The van der Waals surface area contributed by atoms with Crippen molar-refractivity contribution in [2.45, 2.75) is 71.0 Å².